The van der Waals surface area contributed by atoms with Crippen molar-refractivity contribution in [2.24, 2.45) is 0 Å². The fraction of sp³-hybridized carbons (Fsp3) is 0.375. The van der Waals surface area contributed by atoms with Gasteiger partial charge in [-0.05, 0) is 19.4 Å². The zero-order valence-electron chi connectivity index (χ0n) is 12.1. The Morgan fingerprint density at radius 1 is 1.30 bits per heavy atom. The third-order valence-corrected chi connectivity index (χ3v) is 2.80. The van der Waals surface area contributed by atoms with Crippen molar-refractivity contribution < 1.29 is 14.3 Å². The molecule has 0 atom stereocenters. The van der Waals surface area contributed by atoms with Gasteiger partial charge in [0.2, 0.25) is 5.91 Å². The summed E-state index contributed by atoms with van der Waals surface area (Å²) in [6.45, 7) is 7.96. The molecule has 20 heavy (non-hydrogen) atoms. The minimum absolute atomic E-state index is 0.0371. The molecule has 1 aromatic carbocycles. The van der Waals surface area contributed by atoms with Crippen LogP contribution in [0.15, 0.2) is 36.9 Å². The molecule has 4 heteroatoms. The second-order valence-corrected chi connectivity index (χ2v) is 4.53. The molecule has 0 aromatic heterocycles. The van der Waals surface area contributed by atoms with Crippen LogP contribution in [0, 0.1) is 6.92 Å². The molecular weight excluding hydrogens is 254 g/mol. The Morgan fingerprint density at radius 3 is 2.50 bits per heavy atom. The summed E-state index contributed by atoms with van der Waals surface area (Å²) in [5.41, 5.74) is 2.08. The molecule has 0 saturated carbocycles. The van der Waals surface area contributed by atoms with Crippen LogP contribution < -0.4 is 0 Å². The van der Waals surface area contributed by atoms with Crippen LogP contribution in [0.4, 0.5) is 0 Å². The van der Waals surface area contributed by atoms with E-state index in [0.717, 1.165) is 11.1 Å². The van der Waals surface area contributed by atoms with Crippen molar-refractivity contribution in [3.63, 3.8) is 0 Å². The summed E-state index contributed by atoms with van der Waals surface area (Å²) in [7, 11) is 0. The van der Waals surface area contributed by atoms with Crippen LogP contribution in [0.5, 0.6) is 0 Å². The summed E-state index contributed by atoms with van der Waals surface area (Å²) >= 11 is 0. The van der Waals surface area contributed by atoms with E-state index in [2.05, 4.69) is 6.58 Å². The second kappa shape index (κ2) is 8.15. The molecule has 0 aliphatic carbocycles. The molecule has 0 radical (unpaired) electrons. The van der Waals surface area contributed by atoms with Crippen molar-refractivity contribution >= 4 is 11.9 Å². The van der Waals surface area contributed by atoms with Gasteiger partial charge in [-0.1, -0.05) is 35.9 Å². The topological polar surface area (TPSA) is 46.6 Å². The molecule has 1 amide bonds. The SMILES string of the molecule is C=CCN(CC(=O)OCC)C(=O)Cc1ccc(C)cc1. The Morgan fingerprint density at radius 2 is 1.95 bits per heavy atom. The second-order valence-electron chi connectivity index (χ2n) is 4.53. The fourth-order valence-corrected chi connectivity index (χ4v) is 1.77. The number of rotatable bonds is 7. The molecule has 0 fully saturated rings. The van der Waals surface area contributed by atoms with Crippen molar-refractivity contribution in [1.29, 1.82) is 0 Å². The molecule has 0 aliphatic rings. The van der Waals surface area contributed by atoms with E-state index in [1.807, 2.05) is 31.2 Å². The summed E-state index contributed by atoms with van der Waals surface area (Å²) in [6, 6.07) is 7.77. The van der Waals surface area contributed by atoms with E-state index < -0.39 is 5.97 Å². The number of hydrogen-bond acceptors (Lipinski definition) is 3. The molecule has 0 bridgehead atoms. The highest BCUT2D eigenvalue weighted by molar-refractivity contribution is 5.83. The highest BCUT2D eigenvalue weighted by Gasteiger charge is 2.16. The van der Waals surface area contributed by atoms with Gasteiger partial charge in [-0.3, -0.25) is 9.59 Å². The van der Waals surface area contributed by atoms with Gasteiger partial charge in [-0.15, -0.1) is 6.58 Å². The van der Waals surface area contributed by atoms with Gasteiger partial charge < -0.3 is 9.64 Å². The highest BCUT2D eigenvalue weighted by Crippen LogP contribution is 2.06. The number of hydrogen-bond donors (Lipinski definition) is 0. The van der Waals surface area contributed by atoms with E-state index in [4.69, 9.17) is 4.74 Å². The molecular formula is C16H21NO3. The largest absolute Gasteiger partial charge is 0.465 e. The van der Waals surface area contributed by atoms with Crippen molar-refractivity contribution in [3.8, 4) is 0 Å². The fourth-order valence-electron chi connectivity index (χ4n) is 1.77. The average molecular weight is 275 g/mol. The number of carbonyl (C=O) groups excluding carboxylic acids is 2. The first-order valence-corrected chi connectivity index (χ1v) is 6.66. The van der Waals surface area contributed by atoms with Crippen molar-refractivity contribution in [1.82, 2.24) is 4.90 Å². The first-order valence-electron chi connectivity index (χ1n) is 6.66. The Balaban J connectivity index is 2.65. The minimum Gasteiger partial charge on any atom is -0.465 e. The molecule has 0 heterocycles. The van der Waals surface area contributed by atoms with Crippen LogP contribution >= 0.6 is 0 Å². The summed E-state index contributed by atoms with van der Waals surface area (Å²) in [5, 5.41) is 0. The van der Waals surface area contributed by atoms with Crippen molar-refractivity contribution in [2.45, 2.75) is 20.3 Å². The molecule has 1 rings (SSSR count). The Kier molecular flexibility index (Phi) is 6.50. The smallest absolute Gasteiger partial charge is 0.325 e. The summed E-state index contributed by atoms with van der Waals surface area (Å²) in [6.07, 6.45) is 1.87. The Hall–Kier alpha value is -2.10. The van der Waals surface area contributed by atoms with Crippen LogP contribution in [-0.2, 0) is 20.7 Å². The third kappa shape index (κ3) is 5.26. The normalized spacial score (nSPS) is 9.90. The maximum atomic E-state index is 12.2. The van der Waals surface area contributed by atoms with Gasteiger partial charge in [0.25, 0.3) is 0 Å². The molecule has 0 aliphatic heterocycles. The minimum atomic E-state index is -0.397. The van der Waals surface area contributed by atoms with E-state index in [1.54, 1.807) is 13.0 Å². The molecule has 4 nitrogen and oxygen atoms in total. The van der Waals surface area contributed by atoms with Crippen molar-refractivity contribution in [3.05, 3.63) is 48.0 Å². The summed E-state index contributed by atoms with van der Waals surface area (Å²) in [5.74, 6) is -0.506. The Bertz CT molecular complexity index is 465. The van der Waals surface area contributed by atoms with E-state index in [1.165, 1.54) is 4.90 Å². The van der Waals surface area contributed by atoms with E-state index in [-0.39, 0.29) is 18.9 Å². The number of benzene rings is 1. The molecule has 108 valence electrons. The quantitative estimate of drug-likeness (QED) is 0.565. The van der Waals surface area contributed by atoms with Gasteiger partial charge in [0, 0.05) is 6.54 Å². The van der Waals surface area contributed by atoms with Gasteiger partial charge >= 0.3 is 5.97 Å². The number of nitrogens with zero attached hydrogens (tertiary/aromatic N) is 1. The van der Waals surface area contributed by atoms with Gasteiger partial charge in [0.1, 0.15) is 6.54 Å². The molecule has 0 N–H and O–H groups in total. The summed E-state index contributed by atoms with van der Waals surface area (Å²) in [4.78, 5) is 25.1. The molecule has 0 spiro atoms. The van der Waals surface area contributed by atoms with E-state index in [0.29, 0.717) is 13.2 Å². The van der Waals surface area contributed by atoms with Crippen LogP contribution in [0.25, 0.3) is 0 Å². The monoisotopic (exact) mass is 275 g/mol. The van der Waals surface area contributed by atoms with Gasteiger partial charge in [-0.2, -0.15) is 0 Å². The first kappa shape index (κ1) is 16.0. The highest BCUT2D eigenvalue weighted by atomic mass is 16.5. The molecule has 0 unspecified atom stereocenters. The lowest BCUT2D eigenvalue weighted by atomic mass is 10.1. The lowest BCUT2D eigenvalue weighted by Crippen LogP contribution is -2.37. The van der Waals surface area contributed by atoms with Crippen LogP contribution in [-0.4, -0.2) is 36.5 Å². The maximum Gasteiger partial charge on any atom is 0.325 e. The zero-order chi connectivity index (χ0) is 15.0. The third-order valence-electron chi connectivity index (χ3n) is 2.80. The van der Waals surface area contributed by atoms with Crippen LogP contribution in [0.1, 0.15) is 18.1 Å². The predicted molar refractivity (Wildman–Crippen MR) is 78.3 cm³/mol. The van der Waals surface area contributed by atoms with E-state index >= 15 is 0 Å². The lowest BCUT2D eigenvalue weighted by molar-refractivity contribution is -0.148. The van der Waals surface area contributed by atoms with E-state index in [9.17, 15) is 9.59 Å². The predicted octanol–water partition coefficient (Wildman–Crippen LogP) is 2.12. The van der Waals surface area contributed by atoms with Gasteiger partial charge in [0.05, 0.1) is 13.0 Å². The molecule has 1 aromatic rings. The molecule has 0 saturated heterocycles. The maximum absolute atomic E-state index is 12.2. The standard InChI is InChI=1S/C16H21NO3/c1-4-10-17(12-16(19)20-5-2)15(18)11-14-8-6-13(3)7-9-14/h4,6-9H,1,5,10-12H2,2-3H3. The number of aryl methyl sites for hydroxylation is 1. The Labute approximate surface area is 120 Å². The summed E-state index contributed by atoms with van der Waals surface area (Å²) < 4.78 is 4.87. The van der Waals surface area contributed by atoms with Gasteiger partial charge in [0.15, 0.2) is 0 Å². The number of ether oxygens (including phenoxy) is 1. The van der Waals surface area contributed by atoms with Crippen LogP contribution in [0.2, 0.25) is 0 Å². The average Bonchev–Trinajstić information content (AvgIpc) is 2.41. The van der Waals surface area contributed by atoms with Crippen LogP contribution in [0.3, 0.4) is 0 Å². The number of esters is 1. The van der Waals surface area contributed by atoms with Gasteiger partial charge in [-0.25, -0.2) is 0 Å². The number of amides is 1. The van der Waals surface area contributed by atoms with Crippen molar-refractivity contribution in [2.75, 3.05) is 19.7 Å². The number of carbonyl (C=O) groups is 2. The lowest BCUT2D eigenvalue weighted by Gasteiger charge is -2.20. The first-order chi connectivity index (χ1) is 9.56. The zero-order valence-corrected chi connectivity index (χ0v) is 12.1.